The fourth-order valence-corrected chi connectivity index (χ4v) is 2.76. The molecule has 0 aliphatic heterocycles. The van der Waals surface area contributed by atoms with Gasteiger partial charge in [-0.15, -0.1) is 0 Å². The molecule has 0 radical (unpaired) electrons. The number of hydrogen-bond donors (Lipinski definition) is 1. The summed E-state index contributed by atoms with van der Waals surface area (Å²) in [7, 11) is 3.35. The summed E-state index contributed by atoms with van der Waals surface area (Å²) < 4.78 is 5.75. The van der Waals surface area contributed by atoms with Crippen molar-refractivity contribution in [3.05, 3.63) is 95.6 Å². The number of para-hydroxylation sites is 1. The summed E-state index contributed by atoms with van der Waals surface area (Å²) in [5.74, 6) is 1.21. The summed E-state index contributed by atoms with van der Waals surface area (Å²) in [5, 5.41) is 2.59. The molecule has 3 rings (SSSR count). The second-order valence-electron chi connectivity index (χ2n) is 6.38. The first-order valence-electron chi connectivity index (χ1n) is 8.96. The molecule has 0 aliphatic carbocycles. The van der Waals surface area contributed by atoms with E-state index >= 15 is 0 Å². The highest BCUT2D eigenvalue weighted by Crippen LogP contribution is 2.21. The first-order valence-corrected chi connectivity index (χ1v) is 8.96. The second kappa shape index (κ2) is 8.86. The van der Waals surface area contributed by atoms with E-state index in [9.17, 15) is 9.59 Å². The Kier molecular flexibility index (Phi) is 6.07. The van der Waals surface area contributed by atoms with E-state index in [4.69, 9.17) is 4.74 Å². The number of benzene rings is 3. The average molecular weight is 374 g/mol. The molecule has 0 saturated carbocycles. The van der Waals surface area contributed by atoms with Gasteiger partial charge in [-0.25, -0.2) is 0 Å². The third-order valence-corrected chi connectivity index (χ3v) is 4.29. The summed E-state index contributed by atoms with van der Waals surface area (Å²) >= 11 is 0. The number of rotatable bonds is 6. The minimum absolute atomic E-state index is 0.0818. The molecule has 0 bridgehead atoms. The molecule has 0 fully saturated rings. The number of amides is 2. The zero-order chi connectivity index (χ0) is 19.9. The van der Waals surface area contributed by atoms with E-state index in [1.807, 2.05) is 42.5 Å². The van der Waals surface area contributed by atoms with E-state index in [1.165, 1.54) is 0 Å². The van der Waals surface area contributed by atoms with Crippen LogP contribution in [0.25, 0.3) is 0 Å². The van der Waals surface area contributed by atoms with Gasteiger partial charge in [-0.1, -0.05) is 30.3 Å². The molecule has 0 heterocycles. The molecule has 0 spiro atoms. The molecule has 1 N–H and O–H groups in total. The standard InChI is InChI=1S/C23H22N2O3/c1-24-22(26)18-10-8-17(9-11-18)16-25(2)23(27)19-12-14-21(15-13-19)28-20-6-4-3-5-7-20/h3-15H,16H2,1-2H3,(H,24,26). The van der Waals surface area contributed by atoms with E-state index in [0.717, 1.165) is 11.3 Å². The molecule has 5 nitrogen and oxygen atoms in total. The molecule has 0 aromatic heterocycles. The Balaban J connectivity index is 1.62. The van der Waals surface area contributed by atoms with Crippen LogP contribution in [0.3, 0.4) is 0 Å². The topological polar surface area (TPSA) is 58.6 Å². The Morgan fingerprint density at radius 1 is 0.821 bits per heavy atom. The lowest BCUT2D eigenvalue weighted by Crippen LogP contribution is -2.26. The summed E-state index contributed by atoms with van der Waals surface area (Å²) in [4.78, 5) is 25.9. The highest BCUT2D eigenvalue weighted by Gasteiger charge is 2.13. The normalized spacial score (nSPS) is 10.2. The van der Waals surface area contributed by atoms with E-state index in [2.05, 4.69) is 5.32 Å². The van der Waals surface area contributed by atoms with Crippen LogP contribution >= 0.6 is 0 Å². The van der Waals surface area contributed by atoms with Gasteiger partial charge in [0.1, 0.15) is 11.5 Å². The lowest BCUT2D eigenvalue weighted by molar-refractivity contribution is 0.0784. The van der Waals surface area contributed by atoms with Crippen LogP contribution in [0, 0.1) is 0 Å². The van der Waals surface area contributed by atoms with Gasteiger partial charge in [-0.2, -0.15) is 0 Å². The zero-order valence-electron chi connectivity index (χ0n) is 15.9. The van der Waals surface area contributed by atoms with Gasteiger partial charge in [-0.05, 0) is 54.1 Å². The van der Waals surface area contributed by atoms with E-state index in [1.54, 1.807) is 55.4 Å². The van der Waals surface area contributed by atoms with E-state index in [-0.39, 0.29) is 11.8 Å². The van der Waals surface area contributed by atoms with Crippen molar-refractivity contribution < 1.29 is 14.3 Å². The summed E-state index contributed by atoms with van der Waals surface area (Å²) in [6, 6.07) is 23.8. The Bertz CT molecular complexity index is 936. The quantitative estimate of drug-likeness (QED) is 0.706. The summed E-state index contributed by atoms with van der Waals surface area (Å²) in [6.45, 7) is 0.453. The number of nitrogens with one attached hydrogen (secondary N) is 1. The number of nitrogens with zero attached hydrogens (tertiary/aromatic N) is 1. The molecule has 0 unspecified atom stereocenters. The largest absolute Gasteiger partial charge is 0.457 e. The molecule has 0 aliphatic rings. The molecule has 0 atom stereocenters. The second-order valence-corrected chi connectivity index (χ2v) is 6.38. The number of ether oxygens (including phenoxy) is 1. The Hall–Kier alpha value is -3.60. The maximum absolute atomic E-state index is 12.7. The molecule has 3 aromatic carbocycles. The number of carbonyl (C=O) groups excluding carboxylic acids is 2. The molecule has 5 heteroatoms. The van der Waals surface area contributed by atoms with E-state index < -0.39 is 0 Å². The Morgan fingerprint density at radius 2 is 1.39 bits per heavy atom. The van der Waals surface area contributed by atoms with Gasteiger partial charge < -0.3 is 15.0 Å². The fraction of sp³-hybridized carbons (Fsp3) is 0.130. The van der Waals surface area contributed by atoms with Crippen molar-refractivity contribution in [3.8, 4) is 11.5 Å². The third-order valence-electron chi connectivity index (χ3n) is 4.29. The van der Waals surface area contributed by atoms with Gasteiger partial charge in [0.2, 0.25) is 0 Å². The van der Waals surface area contributed by atoms with Gasteiger partial charge >= 0.3 is 0 Å². The highest BCUT2D eigenvalue weighted by molar-refractivity contribution is 5.94. The van der Waals surface area contributed by atoms with Crippen molar-refractivity contribution in [1.29, 1.82) is 0 Å². The van der Waals surface area contributed by atoms with Crippen molar-refractivity contribution in [2.24, 2.45) is 0 Å². The molecule has 3 aromatic rings. The van der Waals surface area contributed by atoms with Crippen LogP contribution in [0.4, 0.5) is 0 Å². The van der Waals surface area contributed by atoms with Crippen molar-refractivity contribution >= 4 is 11.8 Å². The van der Waals surface area contributed by atoms with Crippen LogP contribution in [-0.4, -0.2) is 30.8 Å². The zero-order valence-corrected chi connectivity index (χ0v) is 15.9. The van der Waals surface area contributed by atoms with Crippen LogP contribution in [0.1, 0.15) is 26.3 Å². The maximum Gasteiger partial charge on any atom is 0.253 e. The van der Waals surface area contributed by atoms with Gasteiger partial charge in [0, 0.05) is 31.8 Å². The summed E-state index contributed by atoms with van der Waals surface area (Å²) in [5.41, 5.74) is 2.13. The Labute approximate surface area is 164 Å². The smallest absolute Gasteiger partial charge is 0.253 e. The number of carbonyl (C=O) groups is 2. The van der Waals surface area contributed by atoms with Crippen LogP contribution in [0.15, 0.2) is 78.9 Å². The van der Waals surface area contributed by atoms with Crippen molar-refractivity contribution in [2.75, 3.05) is 14.1 Å². The predicted molar refractivity (Wildman–Crippen MR) is 109 cm³/mol. The molecular formula is C23H22N2O3. The SMILES string of the molecule is CNC(=O)c1ccc(CN(C)C(=O)c2ccc(Oc3ccccc3)cc2)cc1. The van der Waals surface area contributed by atoms with Gasteiger partial charge in [0.15, 0.2) is 0 Å². The molecule has 28 heavy (non-hydrogen) atoms. The van der Waals surface area contributed by atoms with Gasteiger partial charge in [0.05, 0.1) is 0 Å². The van der Waals surface area contributed by atoms with Crippen LogP contribution in [0.2, 0.25) is 0 Å². The molecule has 0 saturated heterocycles. The van der Waals surface area contributed by atoms with Crippen molar-refractivity contribution in [1.82, 2.24) is 10.2 Å². The van der Waals surface area contributed by atoms with Crippen molar-refractivity contribution in [2.45, 2.75) is 6.54 Å². The monoisotopic (exact) mass is 374 g/mol. The average Bonchev–Trinajstić information content (AvgIpc) is 2.74. The molecular weight excluding hydrogens is 352 g/mol. The fourth-order valence-electron chi connectivity index (χ4n) is 2.76. The highest BCUT2D eigenvalue weighted by atomic mass is 16.5. The lowest BCUT2D eigenvalue weighted by atomic mass is 10.1. The molecule has 2 amide bonds. The van der Waals surface area contributed by atoms with Crippen LogP contribution < -0.4 is 10.1 Å². The Morgan fingerprint density at radius 3 is 2.00 bits per heavy atom. The van der Waals surface area contributed by atoms with Gasteiger partial charge in [0.25, 0.3) is 11.8 Å². The van der Waals surface area contributed by atoms with Crippen LogP contribution in [-0.2, 0) is 6.54 Å². The number of hydrogen-bond acceptors (Lipinski definition) is 3. The van der Waals surface area contributed by atoms with Crippen molar-refractivity contribution in [3.63, 3.8) is 0 Å². The first kappa shape index (κ1) is 19.2. The minimum atomic E-state index is -0.131. The van der Waals surface area contributed by atoms with Crippen LogP contribution in [0.5, 0.6) is 11.5 Å². The predicted octanol–water partition coefficient (Wildman–Crippen LogP) is 4.11. The summed E-state index contributed by atoms with van der Waals surface area (Å²) in [6.07, 6.45) is 0. The maximum atomic E-state index is 12.7. The molecule has 142 valence electrons. The minimum Gasteiger partial charge on any atom is -0.457 e. The third kappa shape index (κ3) is 4.76. The first-order chi connectivity index (χ1) is 13.6. The van der Waals surface area contributed by atoms with E-state index in [0.29, 0.717) is 23.4 Å². The lowest BCUT2D eigenvalue weighted by Gasteiger charge is -2.18. The van der Waals surface area contributed by atoms with Gasteiger partial charge in [-0.3, -0.25) is 9.59 Å².